The average Bonchev–Trinajstić information content (AvgIpc) is 2.86. The molecule has 0 saturated carbocycles. The van der Waals surface area contributed by atoms with Gasteiger partial charge in [0, 0.05) is 24.2 Å². The van der Waals surface area contributed by atoms with E-state index < -0.39 is 0 Å². The molecule has 0 aliphatic carbocycles. The zero-order valence-electron chi connectivity index (χ0n) is 10.7. The number of rotatable bonds is 3. The number of aliphatic hydroxyl groups excluding tert-OH is 1. The van der Waals surface area contributed by atoms with E-state index in [0.29, 0.717) is 6.54 Å². The van der Waals surface area contributed by atoms with Gasteiger partial charge in [-0.05, 0) is 43.1 Å². The van der Waals surface area contributed by atoms with E-state index in [9.17, 15) is 9.50 Å². The van der Waals surface area contributed by atoms with Crippen LogP contribution in [0.2, 0.25) is 0 Å². The highest BCUT2D eigenvalue weighted by Gasteiger charge is 2.24. The Morgan fingerprint density at radius 2 is 2.32 bits per heavy atom. The van der Waals surface area contributed by atoms with Gasteiger partial charge < -0.3 is 5.11 Å². The number of hydrogen-bond donors (Lipinski definition) is 1. The monoisotopic (exact) mass is 260 g/mol. The number of benzene rings is 1. The average molecular weight is 260 g/mol. The van der Waals surface area contributed by atoms with E-state index in [4.69, 9.17) is 0 Å². The molecular weight excluding hydrogens is 243 g/mol. The summed E-state index contributed by atoms with van der Waals surface area (Å²) in [5.74, 6) is -0.227. The largest absolute Gasteiger partial charge is 0.395 e. The van der Waals surface area contributed by atoms with Crippen molar-refractivity contribution in [3.8, 4) is 0 Å². The maximum atomic E-state index is 13.7. The maximum absolute atomic E-state index is 13.7. The van der Waals surface area contributed by atoms with Gasteiger partial charge in [0.2, 0.25) is 0 Å². The molecule has 19 heavy (non-hydrogen) atoms. The Bertz CT molecular complexity index is 587. The minimum atomic E-state index is -0.227. The van der Waals surface area contributed by atoms with E-state index in [1.165, 1.54) is 6.07 Å². The van der Waals surface area contributed by atoms with Crippen molar-refractivity contribution in [1.82, 2.24) is 9.88 Å². The molecule has 3 rings (SSSR count). The van der Waals surface area contributed by atoms with Crippen LogP contribution < -0.4 is 0 Å². The first-order valence-electron chi connectivity index (χ1n) is 6.66. The normalized spacial score (nSPS) is 20.2. The van der Waals surface area contributed by atoms with Gasteiger partial charge in [-0.2, -0.15) is 0 Å². The summed E-state index contributed by atoms with van der Waals surface area (Å²) in [4.78, 5) is 6.57. The summed E-state index contributed by atoms with van der Waals surface area (Å²) >= 11 is 0. The van der Waals surface area contributed by atoms with Crippen LogP contribution >= 0.6 is 0 Å². The molecule has 3 nitrogen and oxygen atoms in total. The number of fused-ring (bicyclic) bond motifs is 1. The third-order valence-corrected chi connectivity index (χ3v) is 3.83. The molecule has 1 saturated heterocycles. The molecule has 1 fully saturated rings. The number of likely N-dealkylation sites (tertiary alicyclic amines) is 1. The fourth-order valence-corrected chi connectivity index (χ4v) is 2.88. The van der Waals surface area contributed by atoms with E-state index in [1.54, 1.807) is 12.3 Å². The number of nitrogens with zero attached hydrogens (tertiary/aromatic N) is 2. The molecule has 2 heterocycles. The Morgan fingerprint density at radius 1 is 1.42 bits per heavy atom. The van der Waals surface area contributed by atoms with E-state index in [2.05, 4.69) is 9.88 Å². The Hall–Kier alpha value is -1.52. The molecule has 1 N–H and O–H groups in total. The van der Waals surface area contributed by atoms with Gasteiger partial charge >= 0.3 is 0 Å². The third kappa shape index (κ3) is 2.46. The molecule has 0 radical (unpaired) electrons. The maximum Gasteiger partial charge on any atom is 0.124 e. The lowest BCUT2D eigenvalue weighted by Gasteiger charge is -2.23. The molecular formula is C15H17FN2O. The highest BCUT2D eigenvalue weighted by atomic mass is 19.1. The Labute approximate surface area is 111 Å². The lowest BCUT2D eigenvalue weighted by atomic mass is 10.1. The van der Waals surface area contributed by atoms with Crippen molar-refractivity contribution in [2.24, 2.45) is 0 Å². The predicted molar refractivity (Wildman–Crippen MR) is 72.2 cm³/mol. The summed E-state index contributed by atoms with van der Waals surface area (Å²) in [6.45, 7) is 1.77. The topological polar surface area (TPSA) is 36.4 Å². The molecule has 0 amide bonds. The first-order chi connectivity index (χ1) is 9.28. The molecule has 1 aliphatic rings. The Balaban J connectivity index is 1.96. The lowest BCUT2D eigenvalue weighted by Crippen LogP contribution is -2.31. The number of aliphatic hydroxyl groups is 1. The van der Waals surface area contributed by atoms with Crippen molar-refractivity contribution in [1.29, 1.82) is 0 Å². The fourth-order valence-electron chi connectivity index (χ4n) is 2.88. The third-order valence-electron chi connectivity index (χ3n) is 3.83. The number of halogens is 1. The zero-order chi connectivity index (χ0) is 13.2. The Morgan fingerprint density at radius 3 is 3.16 bits per heavy atom. The smallest absolute Gasteiger partial charge is 0.124 e. The molecule has 2 aromatic rings. The highest BCUT2D eigenvalue weighted by Crippen LogP contribution is 2.24. The molecule has 1 aliphatic heterocycles. The fraction of sp³-hybridized carbons (Fsp3) is 0.400. The first-order valence-corrected chi connectivity index (χ1v) is 6.66. The van der Waals surface area contributed by atoms with Gasteiger partial charge in [0.25, 0.3) is 0 Å². The van der Waals surface area contributed by atoms with Gasteiger partial charge in [-0.25, -0.2) is 4.39 Å². The standard InChI is InChI=1S/C15H17FN2O/c16-13-7-11-3-1-5-17-15(11)12(8-13)9-18-6-2-4-14(18)10-19/h1,3,5,7-8,14,19H,2,4,6,9-10H2. The van der Waals surface area contributed by atoms with Crippen LogP contribution in [0.4, 0.5) is 4.39 Å². The van der Waals surface area contributed by atoms with Crippen LogP contribution in [-0.2, 0) is 6.54 Å². The molecule has 0 spiro atoms. The van der Waals surface area contributed by atoms with Crippen molar-refractivity contribution in [2.45, 2.75) is 25.4 Å². The van der Waals surface area contributed by atoms with E-state index in [1.807, 2.05) is 12.1 Å². The van der Waals surface area contributed by atoms with Gasteiger partial charge in [-0.15, -0.1) is 0 Å². The van der Waals surface area contributed by atoms with Crippen LogP contribution in [0.15, 0.2) is 30.5 Å². The number of hydrogen-bond acceptors (Lipinski definition) is 3. The quantitative estimate of drug-likeness (QED) is 0.920. The molecule has 4 heteroatoms. The summed E-state index contributed by atoms with van der Waals surface area (Å²) < 4.78 is 13.7. The summed E-state index contributed by atoms with van der Waals surface area (Å²) in [6, 6.07) is 6.96. The van der Waals surface area contributed by atoms with E-state index in [-0.39, 0.29) is 18.5 Å². The van der Waals surface area contributed by atoms with Crippen molar-refractivity contribution in [3.63, 3.8) is 0 Å². The lowest BCUT2D eigenvalue weighted by molar-refractivity contribution is 0.154. The van der Waals surface area contributed by atoms with Gasteiger partial charge in [0.15, 0.2) is 0 Å². The molecule has 1 atom stereocenters. The Kier molecular flexibility index (Phi) is 3.44. The summed E-state index contributed by atoms with van der Waals surface area (Å²) in [6.07, 6.45) is 3.83. The second kappa shape index (κ2) is 5.23. The van der Waals surface area contributed by atoms with Crippen molar-refractivity contribution in [2.75, 3.05) is 13.2 Å². The van der Waals surface area contributed by atoms with E-state index >= 15 is 0 Å². The van der Waals surface area contributed by atoms with Crippen molar-refractivity contribution in [3.05, 3.63) is 41.8 Å². The number of pyridine rings is 1. The van der Waals surface area contributed by atoms with Crippen LogP contribution in [0, 0.1) is 5.82 Å². The summed E-state index contributed by atoms with van der Waals surface area (Å²) in [5.41, 5.74) is 1.75. The van der Waals surface area contributed by atoms with Gasteiger partial charge in [0.1, 0.15) is 5.82 Å². The minimum absolute atomic E-state index is 0.167. The van der Waals surface area contributed by atoms with Gasteiger partial charge in [-0.3, -0.25) is 9.88 Å². The number of aromatic nitrogens is 1. The van der Waals surface area contributed by atoms with Crippen molar-refractivity contribution < 1.29 is 9.50 Å². The van der Waals surface area contributed by atoms with Gasteiger partial charge in [-0.1, -0.05) is 6.07 Å². The SMILES string of the molecule is OCC1CCCN1Cc1cc(F)cc2cccnc12. The zero-order valence-corrected chi connectivity index (χ0v) is 10.7. The molecule has 1 aromatic carbocycles. The van der Waals surface area contributed by atoms with Crippen LogP contribution in [0.3, 0.4) is 0 Å². The highest BCUT2D eigenvalue weighted by molar-refractivity contribution is 5.81. The first kappa shape index (κ1) is 12.5. The molecule has 1 aromatic heterocycles. The van der Waals surface area contributed by atoms with Crippen LogP contribution in [0.1, 0.15) is 18.4 Å². The van der Waals surface area contributed by atoms with Crippen LogP contribution in [0.25, 0.3) is 10.9 Å². The molecule has 100 valence electrons. The van der Waals surface area contributed by atoms with Gasteiger partial charge in [0.05, 0.1) is 12.1 Å². The molecule has 0 bridgehead atoms. The van der Waals surface area contributed by atoms with Crippen LogP contribution in [0.5, 0.6) is 0 Å². The molecule has 1 unspecified atom stereocenters. The summed E-state index contributed by atoms with van der Waals surface area (Å²) in [7, 11) is 0. The second-order valence-corrected chi connectivity index (χ2v) is 5.09. The summed E-state index contributed by atoms with van der Waals surface area (Å²) in [5, 5.41) is 10.2. The van der Waals surface area contributed by atoms with E-state index in [0.717, 1.165) is 35.9 Å². The second-order valence-electron chi connectivity index (χ2n) is 5.09. The van der Waals surface area contributed by atoms with Crippen LogP contribution in [-0.4, -0.2) is 34.2 Å². The minimum Gasteiger partial charge on any atom is -0.395 e. The van der Waals surface area contributed by atoms with Crippen molar-refractivity contribution >= 4 is 10.9 Å². The predicted octanol–water partition coefficient (Wildman–Crippen LogP) is 2.33.